The van der Waals surface area contributed by atoms with Gasteiger partial charge in [0.1, 0.15) is 0 Å². The molecule has 0 heterocycles. The van der Waals surface area contributed by atoms with Crippen LogP contribution in [-0.2, 0) is 0 Å². The molecule has 0 nitrogen and oxygen atoms in total. The van der Waals surface area contributed by atoms with E-state index >= 15 is 0 Å². The van der Waals surface area contributed by atoms with Gasteiger partial charge in [-0.15, -0.1) is 0 Å². The Labute approximate surface area is 260 Å². The topological polar surface area (TPSA) is 0 Å². The van der Waals surface area contributed by atoms with Gasteiger partial charge in [-0.05, 0) is 118 Å². The Hall–Kier alpha value is -1.48. The van der Waals surface area contributed by atoms with E-state index in [0.717, 1.165) is 17.2 Å². The van der Waals surface area contributed by atoms with Gasteiger partial charge in [0.05, 0.1) is 0 Å². The van der Waals surface area contributed by atoms with E-state index in [4.69, 9.17) is 0 Å². The summed E-state index contributed by atoms with van der Waals surface area (Å²) in [6.45, 7) is 9.50. The van der Waals surface area contributed by atoms with Gasteiger partial charge in [-0.25, -0.2) is 0 Å². The minimum atomic E-state index is -0.433. The summed E-state index contributed by atoms with van der Waals surface area (Å²) in [5.41, 5.74) is 8.61. The van der Waals surface area contributed by atoms with Crippen molar-refractivity contribution in [2.75, 3.05) is 0 Å². The van der Waals surface area contributed by atoms with Gasteiger partial charge in [-0.2, -0.15) is 0 Å². The second-order valence-corrected chi connectivity index (χ2v) is 19.4. The van der Waals surface area contributed by atoms with Crippen LogP contribution in [0, 0.1) is 26.7 Å². The highest BCUT2D eigenvalue weighted by atomic mass is 31.1. The normalized spacial score (nSPS) is 23.7. The van der Waals surface area contributed by atoms with Gasteiger partial charge in [0.25, 0.3) is 0 Å². The number of hydrogen-bond donors (Lipinski definition) is 0. The first-order chi connectivity index (χ1) is 20.5. The second-order valence-electron chi connectivity index (χ2n) is 14.0. The molecule has 6 rings (SSSR count). The van der Waals surface area contributed by atoms with Crippen LogP contribution < -0.4 is 15.9 Å². The van der Waals surface area contributed by atoms with Crippen LogP contribution in [0.1, 0.15) is 119 Å². The number of rotatable bonds is 8. The Balaban J connectivity index is 1.38. The first-order valence-corrected chi connectivity index (χ1v) is 20.2. The first kappa shape index (κ1) is 30.5. The fraction of sp³-hybridized carbons (Fsp3) is 0.550. The SMILES string of the molecule is Cc1cccc(P(c2cc(C)cc(C)c2)[C@H](C)C2CCCC2c2ccccc2P(C2CCCCC2)C2CCCCC2)c1. The van der Waals surface area contributed by atoms with E-state index in [9.17, 15) is 0 Å². The van der Waals surface area contributed by atoms with Crippen LogP contribution in [0.3, 0.4) is 0 Å². The molecule has 3 aromatic rings. The van der Waals surface area contributed by atoms with Crippen molar-refractivity contribution in [3.05, 3.63) is 89.0 Å². The molecule has 3 aliphatic rings. The van der Waals surface area contributed by atoms with Crippen LogP contribution >= 0.6 is 15.8 Å². The van der Waals surface area contributed by atoms with Crippen LogP contribution in [0.15, 0.2) is 66.7 Å². The van der Waals surface area contributed by atoms with Crippen molar-refractivity contribution in [3.8, 4) is 0 Å². The van der Waals surface area contributed by atoms with Crippen molar-refractivity contribution in [1.29, 1.82) is 0 Å². The number of aryl methyl sites for hydroxylation is 3. The molecule has 224 valence electrons. The van der Waals surface area contributed by atoms with Crippen molar-refractivity contribution in [3.63, 3.8) is 0 Å². The quantitative estimate of drug-likeness (QED) is 0.227. The molecule has 4 atom stereocenters. The van der Waals surface area contributed by atoms with Crippen molar-refractivity contribution in [2.45, 2.75) is 134 Å². The lowest BCUT2D eigenvalue weighted by Crippen LogP contribution is -2.31. The molecule has 0 spiro atoms. The third-order valence-electron chi connectivity index (χ3n) is 10.9. The van der Waals surface area contributed by atoms with Crippen LogP contribution in [-0.4, -0.2) is 17.0 Å². The lowest BCUT2D eigenvalue weighted by molar-refractivity contribution is 0.477. The van der Waals surface area contributed by atoms with Crippen LogP contribution in [0.5, 0.6) is 0 Å². The molecule has 0 radical (unpaired) electrons. The summed E-state index contributed by atoms with van der Waals surface area (Å²) in [4.78, 5) is 0. The monoisotopic (exact) mass is 596 g/mol. The highest BCUT2D eigenvalue weighted by molar-refractivity contribution is 7.73. The summed E-state index contributed by atoms with van der Waals surface area (Å²) >= 11 is 0. The van der Waals surface area contributed by atoms with E-state index in [1.54, 1.807) is 16.2 Å². The predicted octanol–water partition coefficient (Wildman–Crippen LogP) is 10.8. The molecule has 3 aromatic carbocycles. The maximum atomic E-state index is 2.64. The van der Waals surface area contributed by atoms with Gasteiger partial charge in [0, 0.05) is 0 Å². The molecule has 3 aliphatic carbocycles. The van der Waals surface area contributed by atoms with Crippen LogP contribution in [0.2, 0.25) is 0 Å². The molecular weight excluding hydrogens is 542 g/mol. The van der Waals surface area contributed by atoms with Gasteiger partial charge in [0.15, 0.2) is 0 Å². The summed E-state index contributed by atoms with van der Waals surface area (Å²) in [6, 6.07) is 26.9. The van der Waals surface area contributed by atoms with E-state index in [1.807, 2.05) is 5.30 Å². The number of hydrogen-bond acceptors (Lipinski definition) is 0. The minimum Gasteiger partial charge on any atom is -0.0686 e. The molecule has 42 heavy (non-hydrogen) atoms. The average Bonchev–Trinajstić information content (AvgIpc) is 3.49. The van der Waals surface area contributed by atoms with Crippen molar-refractivity contribution >= 4 is 31.8 Å². The molecule has 0 saturated heterocycles. The Morgan fingerprint density at radius 2 is 1.19 bits per heavy atom. The Kier molecular flexibility index (Phi) is 10.2. The second kappa shape index (κ2) is 14.1. The third-order valence-corrected chi connectivity index (χ3v) is 17.3. The molecule has 0 amide bonds. The van der Waals surface area contributed by atoms with Gasteiger partial charge in [-0.1, -0.05) is 143 Å². The molecule has 3 unspecified atom stereocenters. The molecular formula is C40H54P2. The molecule has 0 aliphatic heterocycles. The van der Waals surface area contributed by atoms with Crippen LogP contribution in [0.25, 0.3) is 0 Å². The summed E-state index contributed by atoms with van der Waals surface area (Å²) in [6.07, 6.45) is 19.0. The molecule has 2 heteroatoms. The largest absolute Gasteiger partial charge is 0.0686 e. The summed E-state index contributed by atoms with van der Waals surface area (Å²) in [5.74, 6) is 1.47. The lowest BCUT2D eigenvalue weighted by atomic mass is 9.87. The van der Waals surface area contributed by atoms with Crippen molar-refractivity contribution in [2.24, 2.45) is 5.92 Å². The Bertz CT molecular complexity index is 1280. The maximum absolute atomic E-state index is 2.64. The van der Waals surface area contributed by atoms with Crippen molar-refractivity contribution < 1.29 is 0 Å². The zero-order valence-electron chi connectivity index (χ0n) is 26.8. The third kappa shape index (κ3) is 6.77. The summed E-state index contributed by atoms with van der Waals surface area (Å²) in [5, 5.41) is 5.01. The Morgan fingerprint density at radius 3 is 1.83 bits per heavy atom. The number of benzene rings is 3. The highest BCUT2D eigenvalue weighted by Gasteiger charge is 2.40. The molecule has 0 bridgehead atoms. The summed E-state index contributed by atoms with van der Waals surface area (Å²) in [7, 11) is -0.511. The molecule has 3 fully saturated rings. The van der Waals surface area contributed by atoms with Crippen molar-refractivity contribution in [1.82, 2.24) is 0 Å². The average molecular weight is 597 g/mol. The maximum Gasteiger partial charge on any atom is -0.0121 e. The minimum absolute atomic E-state index is 0.0780. The van der Waals surface area contributed by atoms with Gasteiger partial charge >= 0.3 is 0 Å². The fourth-order valence-corrected chi connectivity index (χ4v) is 16.4. The van der Waals surface area contributed by atoms with Gasteiger partial charge < -0.3 is 0 Å². The first-order valence-electron chi connectivity index (χ1n) is 17.3. The van der Waals surface area contributed by atoms with E-state index in [-0.39, 0.29) is 7.92 Å². The standard InChI is InChI=1S/C40H54P2/c1-29-15-13-20-35(26-29)41(36-27-30(2)25-31(3)28-36)32(4)37-22-14-23-38(37)39-21-11-12-24-40(39)42(33-16-7-5-8-17-33)34-18-9-6-10-19-34/h11-13,15,20-21,24-28,32-34,37-38H,5-10,14,16-19,22-23H2,1-4H3/t32-,37?,38?,41?/m1/s1. The van der Waals surface area contributed by atoms with Crippen LogP contribution in [0.4, 0.5) is 0 Å². The lowest BCUT2D eigenvalue weighted by Gasteiger charge is -2.41. The molecule has 0 aromatic heterocycles. The Morgan fingerprint density at radius 1 is 0.571 bits per heavy atom. The van der Waals surface area contributed by atoms with E-state index in [1.165, 1.54) is 100 Å². The van der Waals surface area contributed by atoms with Gasteiger partial charge in [-0.3, -0.25) is 0 Å². The fourth-order valence-electron chi connectivity index (χ4n) is 9.08. The predicted molar refractivity (Wildman–Crippen MR) is 190 cm³/mol. The van der Waals surface area contributed by atoms with E-state index in [0.29, 0.717) is 11.6 Å². The molecule has 0 N–H and O–H groups in total. The van der Waals surface area contributed by atoms with E-state index < -0.39 is 7.92 Å². The zero-order valence-corrected chi connectivity index (χ0v) is 28.6. The zero-order chi connectivity index (χ0) is 29.1. The van der Waals surface area contributed by atoms with E-state index in [2.05, 4.69) is 94.4 Å². The molecule has 3 saturated carbocycles. The smallest absolute Gasteiger partial charge is 0.0121 e. The van der Waals surface area contributed by atoms with Gasteiger partial charge in [0.2, 0.25) is 0 Å². The summed E-state index contributed by atoms with van der Waals surface area (Å²) < 4.78 is 0. The highest BCUT2D eigenvalue weighted by Crippen LogP contribution is 2.58.